The quantitative estimate of drug-likeness (QED) is 0.320. The summed E-state index contributed by atoms with van der Waals surface area (Å²) in [6.45, 7) is 3.69. The number of methoxy groups -OCH3 is 1. The topological polar surface area (TPSA) is 115 Å². The summed E-state index contributed by atoms with van der Waals surface area (Å²) >= 11 is 0. The molecule has 0 unspecified atom stereocenters. The van der Waals surface area contributed by atoms with Gasteiger partial charge in [-0.2, -0.15) is 4.31 Å². The number of hydrogen-bond donors (Lipinski definition) is 1. The zero-order valence-corrected chi connectivity index (χ0v) is 25.0. The highest BCUT2D eigenvalue weighted by Crippen LogP contribution is 2.23. The average molecular weight is 597 g/mol. The van der Waals surface area contributed by atoms with E-state index in [1.807, 2.05) is 54.6 Å². The molecule has 1 atom stereocenters. The Labute approximate surface area is 248 Å². The van der Waals surface area contributed by atoms with Crippen molar-refractivity contribution < 1.29 is 27.4 Å². The van der Waals surface area contributed by atoms with Crippen LogP contribution in [0.2, 0.25) is 0 Å². The summed E-state index contributed by atoms with van der Waals surface area (Å²) in [4.78, 5) is 16.7. The average Bonchev–Trinajstić information content (AvgIpc) is 3.03. The zero-order chi connectivity index (χ0) is 30.0. The lowest BCUT2D eigenvalue weighted by atomic mass is 10.0. The van der Waals surface area contributed by atoms with Gasteiger partial charge in [0.1, 0.15) is 24.7 Å². The number of ether oxygens (including phenoxy) is 3. The number of hydrogen-bond acceptors (Lipinski definition) is 8. The van der Waals surface area contributed by atoms with E-state index in [4.69, 9.17) is 19.9 Å². The van der Waals surface area contributed by atoms with Gasteiger partial charge in [-0.3, -0.25) is 4.90 Å². The van der Waals surface area contributed by atoms with E-state index < -0.39 is 10.0 Å². The number of carbonyl (C=O) groups excluding carboxylic acids is 1. The molecule has 1 fully saturated rings. The number of rotatable bonds is 13. The monoisotopic (exact) mass is 596 g/mol. The third-order valence-corrected chi connectivity index (χ3v) is 9.26. The Bertz CT molecular complexity index is 1360. The zero-order valence-electron chi connectivity index (χ0n) is 24.2. The minimum Gasteiger partial charge on any atom is -0.497 e. The Morgan fingerprint density at radius 3 is 2.17 bits per heavy atom. The Morgan fingerprint density at radius 2 is 1.55 bits per heavy atom. The van der Waals surface area contributed by atoms with Crippen LogP contribution in [-0.4, -0.2) is 94.7 Å². The lowest BCUT2D eigenvalue weighted by molar-refractivity contribution is 0.0673. The second-order valence-corrected chi connectivity index (χ2v) is 12.2. The van der Waals surface area contributed by atoms with E-state index in [9.17, 15) is 13.2 Å². The van der Waals surface area contributed by atoms with Crippen LogP contribution >= 0.6 is 0 Å². The molecular weight excluding hydrogens is 556 g/mol. The van der Waals surface area contributed by atoms with Gasteiger partial charge in [-0.1, -0.05) is 42.5 Å². The maximum absolute atomic E-state index is 13.7. The number of nitrogens with zero attached hydrogens (tertiary/aromatic N) is 3. The second kappa shape index (κ2) is 15.0. The maximum atomic E-state index is 13.7. The van der Waals surface area contributed by atoms with Crippen molar-refractivity contribution in [2.45, 2.75) is 24.0 Å². The molecule has 0 spiro atoms. The Kier molecular flexibility index (Phi) is 11.2. The maximum Gasteiger partial charge on any atom is 0.410 e. The molecular formula is C31H40N4O6S. The largest absolute Gasteiger partial charge is 0.497 e. The van der Waals surface area contributed by atoms with E-state index in [0.717, 1.165) is 16.9 Å². The van der Waals surface area contributed by atoms with Crippen LogP contribution in [0.5, 0.6) is 11.5 Å². The molecule has 226 valence electrons. The van der Waals surface area contributed by atoms with Crippen LogP contribution < -0.4 is 15.2 Å². The van der Waals surface area contributed by atoms with E-state index in [1.54, 1.807) is 43.3 Å². The van der Waals surface area contributed by atoms with Crippen molar-refractivity contribution in [3.05, 3.63) is 90.0 Å². The van der Waals surface area contributed by atoms with Crippen molar-refractivity contribution in [1.82, 2.24) is 14.1 Å². The number of amides is 1. The van der Waals surface area contributed by atoms with Gasteiger partial charge in [0.05, 0.1) is 12.0 Å². The van der Waals surface area contributed by atoms with Crippen molar-refractivity contribution in [3.8, 4) is 11.5 Å². The van der Waals surface area contributed by atoms with E-state index in [2.05, 4.69) is 4.90 Å². The van der Waals surface area contributed by atoms with Gasteiger partial charge in [0.25, 0.3) is 0 Å². The SMILES string of the molecule is COc1ccc(C[C@@H](CN2CCN(C(=O)OCc3ccccc3)CC2)N(C)S(=O)(=O)c2ccc(OCCN)cc2)cc1. The lowest BCUT2D eigenvalue weighted by Gasteiger charge is -2.38. The predicted octanol–water partition coefficient (Wildman–Crippen LogP) is 3.22. The first-order valence-corrected chi connectivity index (χ1v) is 15.5. The van der Waals surface area contributed by atoms with Crippen LogP contribution in [0, 0.1) is 0 Å². The van der Waals surface area contributed by atoms with Crippen molar-refractivity contribution >= 4 is 16.1 Å². The van der Waals surface area contributed by atoms with Gasteiger partial charge in [-0.05, 0) is 53.9 Å². The normalized spacial score (nSPS) is 14.9. The van der Waals surface area contributed by atoms with Crippen molar-refractivity contribution in [2.75, 3.05) is 60.0 Å². The molecule has 1 aliphatic rings. The molecule has 1 heterocycles. The van der Waals surface area contributed by atoms with Crippen molar-refractivity contribution in [1.29, 1.82) is 0 Å². The first-order chi connectivity index (χ1) is 20.3. The van der Waals surface area contributed by atoms with Gasteiger partial charge in [0, 0.05) is 52.4 Å². The van der Waals surface area contributed by atoms with Crippen LogP contribution in [0.15, 0.2) is 83.8 Å². The highest BCUT2D eigenvalue weighted by Gasteiger charge is 2.31. The van der Waals surface area contributed by atoms with Gasteiger partial charge in [0.15, 0.2) is 0 Å². The third-order valence-electron chi connectivity index (χ3n) is 7.34. The van der Waals surface area contributed by atoms with Gasteiger partial charge >= 0.3 is 6.09 Å². The molecule has 3 aromatic rings. The van der Waals surface area contributed by atoms with E-state index in [0.29, 0.717) is 58.0 Å². The molecule has 1 aliphatic heterocycles. The third kappa shape index (κ3) is 8.45. The summed E-state index contributed by atoms with van der Waals surface area (Å²) in [6, 6.07) is 23.3. The van der Waals surface area contributed by atoms with E-state index in [1.165, 1.54) is 4.31 Å². The molecule has 1 amide bonds. The van der Waals surface area contributed by atoms with Gasteiger partial charge < -0.3 is 24.8 Å². The summed E-state index contributed by atoms with van der Waals surface area (Å²) in [5.41, 5.74) is 7.43. The molecule has 0 saturated carbocycles. The van der Waals surface area contributed by atoms with E-state index >= 15 is 0 Å². The van der Waals surface area contributed by atoms with Crippen LogP contribution in [0.3, 0.4) is 0 Å². The molecule has 4 rings (SSSR count). The number of piperazine rings is 1. The Hall–Kier alpha value is -3.64. The van der Waals surface area contributed by atoms with E-state index in [-0.39, 0.29) is 23.6 Å². The summed E-state index contributed by atoms with van der Waals surface area (Å²) in [5.74, 6) is 1.31. The van der Waals surface area contributed by atoms with Gasteiger partial charge in [0.2, 0.25) is 10.0 Å². The molecule has 0 aromatic heterocycles. The highest BCUT2D eigenvalue weighted by atomic mass is 32.2. The number of likely N-dealkylation sites (N-methyl/N-ethyl adjacent to an activating group) is 1. The molecule has 2 N–H and O–H groups in total. The standard InChI is InChI=1S/C31H40N4O6S/c1-33(42(37,38)30-14-12-29(13-15-30)40-21-16-32)27(22-25-8-10-28(39-2)11-9-25)23-34-17-19-35(20-18-34)31(36)41-24-26-6-4-3-5-7-26/h3-15,27H,16-24,32H2,1-2H3/t27-/m0/s1. The van der Waals surface area contributed by atoms with Crippen LogP contribution in [-0.2, 0) is 27.8 Å². The Balaban J connectivity index is 1.42. The van der Waals surface area contributed by atoms with Gasteiger partial charge in [-0.25, -0.2) is 13.2 Å². The minimum absolute atomic E-state index is 0.191. The molecule has 1 saturated heterocycles. The second-order valence-electron chi connectivity index (χ2n) is 10.2. The fourth-order valence-corrected chi connectivity index (χ4v) is 6.16. The van der Waals surface area contributed by atoms with Gasteiger partial charge in [-0.15, -0.1) is 0 Å². The number of carbonyl (C=O) groups is 1. The summed E-state index contributed by atoms with van der Waals surface area (Å²) in [6.07, 6.45) is 0.170. The molecule has 0 bridgehead atoms. The first kappa shape index (κ1) is 31.3. The first-order valence-electron chi connectivity index (χ1n) is 14.0. The summed E-state index contributed by atoms with van der Waals surface area (Å²) < 4.78 is 45.2. The summed E-state index contributed by atoms with van der Waals surface area (Å²) in [7, 11) is -0.563. The molecule has 42 heavy (non-hydrogen) atoms. The molecule has 0 radical (unpaired) electrons. The minimum atomic E-state index is -3.80. The fraction of sp³-hybridized carbons (Fsp3) is 0.387. The molecule has 11 heteroatoms. The number of benzene rings is 3. The molecule has 0 aliphatic carbocycles. The molecule has 3 aromatic carbocycles. The van der Waals surface area contributed by atoms with Crippen LogP contribution in [0.25, 0.3) is 0 Å². The number of sulfonamides is 1. The smallest absolute Gasteiger partial charge is 0.410 e. The Morgan fingerprint density at radius 1 is 0.905 bits per heavy atom. The molecule has 10 nitrogen and oxygen atoms in total. The lowest BCUT2D eigenvalue weighted by Crippen LogP contribution is -2.53. The fourth-order valence-electron chi connectivity index (χ4n) is 4.81. The van der Waals surface area contributed by atoms with Crippen LogP contribution in [0.4, 0.5) is 4.79 Å². The predicted molar refractivity (Wildman–Crippen MR) is 161 cm³/mol. The van der Waals surface area contributed by atoms with Crippen molar-refractivity contribution in [2.24, 2.45) is 5.73 Å². The summed E-state index contributed by atoms with van der Waals surface area (Å²) in [5, 5.41) is 0. The van der Waals surface area contributed by atoms with Crippen molar-refractivity contribution in [3.63, 3.8) is 0 Å². The number of nitrogens with two attached hydrogens (primary N) is 1. The van der Waals surface area contributed by atoms with Crippen LogP contribution in [0.1, 0.15) is 11.1 Å². The highest BCUT2D eigenvalue weighted by molar-refractivity contribution is 7.89.